The third-order valence-electron chi connectivity index (χ3n) is 10.3. The van der Waals surface area contributed by atoms with Crippen LogP contribution in [0.15, 0.2) is 52.3 Å². The molecular weight excluding hydrogens is 699 g/mol. The Kier molecular flexibility index (Phi) is 9.68. The molecule has 51 heavy (non-hydrogen) atoms. The molecule has 2 aliphatic heterocycles. The van der Waals surface area contributed by atoms with E-state index in [9.17, 15) is 28.8 Å². The topological polar surface area (TPSA) is 181 Å². The zero-order valence-electron chi connectivity index (χ0n) is 27.9. The Morgan fingerprint density at radius 3 is 2.41 bits per heavy atom. The molecule has 268 valence electrons. The quantitative estimate of drug-likeness (QED) is 0.168. The number of aromatic nitrogens is 1. The van der Waals surface area contributed by atoms with Crippen molar-refractivity contribution in [3.8, 4) is 11.5 Å². The minimum atomic E-state index is -0.967. The Balaban J connectivity index is 1.11. The smallest absolute Gasteiger partial charge is 0.338 e. The number of fused-ring (bicyclic) bond motifs is 9. The summed E-state index contributed by atoms with van der Waals surface area (Å²) >= 11 is 2.74. The number of anilines is 1. The number of thiazole rings is 1. The van der Waals surface area contributed by atoms with Gasteiger partial charge in [0.25, 0.3) is 5.91 Å². The fourth-order valence-electron chi connectivity index (χ4n) is 8.41. The lowest BCUT2D eigenvalue weighted by molar-refractivity contribution is -0.142. The molecule has 3 amide bonds. The average molecular weight is 736 g/mol. The van der Waals surface area contributed by atoms with Crippen molar-refractivity contribution in [3.63, 3.8) is 0 Å². The molecule has 4 aliphatic rings. The maximum absolute atomic E-state index is 13.7. The largest absolute Gasteiger partial charge is 0.490 e. The number of imide groups is 1. The fraction of sp³-hybridized carbons (Fsp3) is 0.444. The van der Waals surface area contributed by atoms with Crippen LogP contribution in [0.5, 0.6) is 11.5 Å². The molecule has 2 saturated carbocycles. The summed E-state index contributed by atoms with van der Waals surface area (Å²) in [5.41, 5.74) is 1.74. The molecule has 1 saturated heterocycles. The first-order valence-electron chi connectivity index (χ1n) is 17.0. The summed E-state index contributed by atoms with van der Waals surface area (Å²) in [4.78, 5) is 80.8. The number of likely N-dealkylation sites (tertiary alicyclic amines) is 1. The molecule has 7 atom stereocenters. The van der Waals surface area contributed by atoms with E-state index in [1.54, 1.807) is 49.0 Å². The molecule has 3 fully saturated rings. The zero-order chi connectivity index (χ0) is 36.0. The summed E-state index contributed by atoms with van der Waals surface area (Å²) in [6.45, 7) is 3.95. The number of carbonyl (C=O) groups excluding carboxylic acids is 4. The number of hydrogen-bond acceptors (Lipinski definition) is 11. The lowest BCUT2D eigenvalue weighted by Gasteiger charge is -2.43. The highest BCUT2D eigenvalue weighted by atomic mass is 32.2. The van der Waals surface area contributed by atoms with Crippen molar-refractivity contribution in [2.75, 3.05) is 31.7 Å². The Morgan fingerprint density at radius 1 is 0.961 bits per heavy atom. The molecule has 15 heteroatoms. The third kappa shape index (κ3) is 6.41. The van der Waals surface area contributed by atoms with E-state index in [0.29, 0.717) is 29.4 Å². The number of esters is 1. The summed E-state index contributed by atoms with van der Waals surface area (Å²) in [6, 6.07) is 11.9. The van der Waals surface area contributed by atoms with Crippen LogP contribution in [0.4, 0.5) is 5.69 Å². The van der Waals surface area contributed by atoms with Gasteiger partial charge in [-0.2, -0.15) is 0 Å². The lowest BCUT2D eigenvalue weighted by Crippen LogP contribution is -2.42. The maximum atomic E-state index is 13.7. The number of ether oxygens (including phenoxy) is 3. The first-order valence-corrected chi connectivity index (χ1v) is 18.7. The van der Waals surface area contributed by atoms with Gasteiger partial charge in [-0.3, -0.25) is 28.9 Å². The molecule has 1 aromatic heterocycles. The van der Waals surface area contributed by atoms with Gasteiger partial charge in [0, 0.05) is 34.7 Å². The molecular formula is C36H37N3O10S2. The predicted octanol–water partition coefficient (Wildman–Crippen LogP) is 4.37. The van der Waals surface area contributed by atoms with Crippen molar-refractivity contribution in [2.45, 2.75) is 49.3 Å². The van der Waals surface area contributed by atoms with Crippen molar-refractivity contribution in [3.05, 3.63) is 68.1 Å². The number of amides is 3. The van der Waals surface area contributed by atoms with Crippen molar-refractivity contribution >= 4 is 58.4 Å². The van der Waals surface area contributed by atoms with Crippen LogP contribution >= 0.6 is 23.1 Å². The number of aliphatic carboxylic acids is 1. The van der Waals surface area contributed by atoms with Gasteiger partial charge in [-0.1, -0.05) is 17.4 Å². The third-order valence-corrected chi connectivity index (χ3v) is 12.8. The highest BCUT2D eigenvalue weighted by Gasteiger charge is 2.69. The van der Waals surface area contributed by atoms with Gasteiger partial charge in [0.15, 0.2) is 18.1 Å². The standard InChI is InChI=1S/C36H37N3O10S2/c1-3-47-23-14-18(9-12-22(23)49-16-24(40)37-19-10-7-17(8-11-19)35(45)48-4-2)26-27-20-15-21(30(27)50-32-31(26)51-36(46)38-32)29-28(20)33(43)39(34(29)44)13-5-6-25(41)42/h7-12,14,20-21,26-30H,3-6,13,15-16H2,1-2H3,(H,37,40)(H,38,46)(H,41,42)/t20?,21?,26-,27?,28?,29?,30?/m1/s1. The highest BCUT2D eigenvalue weighted by Crippen LogP contribution is 2.68. The van der Waals surface area contributed by atoms with Crippen molar-refractivity contribution in [1.29, 1.82) is 0 Å². The fourth-order valence-corrected chi connectivity index (χ4v) is 11.3. The van der Waals surface area contributed by atoms with Crippen LogP contribution in [0.25, 0.3) is 0 Å². The number of rotatable bonds is 13. The molecule has 0 spiro atoms. The van der Waals surface area contributed by atoms with Gasteiger partial charge in [-0.25, -0.2) is 4.79 Å². The van der Waals surface area contributed by atoms with E-state index in [2.05, 4.69) is 10.3 Å². The monoisotopic (exact) mass is 735 g/mol. The molecule has 3 aromatic rings. The van der Waals surface area contributed by atoms with E-state index >= 15 is 0 Å². The van der Waals surface area contributed by atoms with Gasteiger partial charge < -0.3 is 29.6 Å². The van der Waals surface area contributed by atoms with Crippen LogP contribution in [0.1, 0.15) is 59.8 Å². The Labute approximate surface area is 301 Å². The summed E-state index contributed by atoms with van der Waals surface area (Å²) < 4.78 is 16.9. The van der Waals surface area contributed by atoms with E-state index in [1.807, 2.05) is 19.1 Å². The van der Waals surface area contributed by atoms with Gasteiger partial charge >= 0.3 is 16.8 Å². The molecule has 2 aliphatic carbocycles. The lowest BCUT2D eigenvalue weighted by atomic mass is 9.68. The van der Waals surface area contributed by atoms with E-state index in [-0.39, 0.29) is 78.2 Å². The molecule has 3 heterocycles. The Hall–Kier alpha value is -4.63. The summed E-state index contributed by atoms with van der Waals surface area (Å²) in [6.07, 6.45) is 0.827. The maximum Gasteiger partial charge on any atom is 0.338 e. The van der Waals surface area contributed by atoms with Crippen LogP contribution < -0.4 is 19.7 Å². The molecule has 6 unspecified atom stereocenters. The van der Waals surface area contributed by atoms with Crippen LogP contribution in [0.3, 0.4) is 0 Å². The van der Waals surface area contributed by atoms with Crippen LogP contribution in [0, 0.1) is 29.6 Å². The first kappa shape index (κ1) is 34.8. The predicted molar refractivity (Wildman–Crippen MR) is 186 cm³/mol. The number of thioether (sulfide) groups is 1. The number of benzene rings is 2. The number of aromatic amines is 1. The van der Waals surface area contributed by atoms with Crippen LogP contribution in [0.2, 0.25) is 0 Å². The van der Waals surface area contributed by atoms with E-state index < -0.39 is 29.7 Å². The SMILES string of the molecule is CCOC(=O)c1ccc(NC(=O)COc2ccc([C@H]3c4sc(=O)[nH]c4SC4C5CC(C6C(=O)N(CCCC(=O)O)C(=O)C56)C43)cc2OCC)cc1. The van der Waals surface area contributed by atoms with Crippen molar-refractivity contribution in [2.24, 2.45) is 29.6 Å². The second-order valence-electron chi connectivity index (χ2n) is 13.1. The second-order valence-corrected chi connectivity index (χ2v) is 15.3. The van der Waals surface area contributed by atoms with Gasteiger partial charge in [0.05, 0.1) is 35.6 Å². The van der Waals surface area contributed by atoms with Crippen LogP contribution in [-0.4, -0.2) is 76.3 Å². The van der Waals surface area contributed by atoms with Gasteiger partial charge in [-0.05, 0) is 86.4 Å². The van der Waals surface area contributed by atoms with Crippen molar-refractivity contribution in [1.82, 2.24) is 9.88 Å². The van der Waals surface area contributed by atoms with E-state index in [4.69, 9.17) is 19.3 Å². The zero-order valence-corrected chi connectivity index (χ0v) is 29.6. The second kappa shape index (κ2) is 14.2. The molecule has 3 N–H and O–H groups in total. The molecule has 2 bridgehead atoms. The van der Waals surface area contributed by atoms with Crippen LogP contribution in [-0.2, 0) is 23.9 Å². The first-order chi connectivity index (χ1) is 24.6. The molecule has 0 radical (unpaired) electrons. The Bertz CT molecular complexity index is 1940. The van der Waals surface area contributed by atoms with E-state index in [1.165, 1.54) is 4.90 Å². The molecule has 13 nitrogen and oxygen atoms in total. The van der Waals surface area contributed by atoms with Gasteiger partial charge in [0.2, 0.25) is 11.8 Å². The number of nitrogens with one attached hydrogen (secondary N) is 2. The number of hydrogen-bond donors (Lipinski definition) is 3. The van der Waals surface area contributed by atoms with E-state index in [0.717, 1.165) is 33.2 Å². The normalized spacial score (nSPS) is 25.6. The summed E-state index contributed by atoms with van der Waals surface area (Å²) in [5.74, 6) is -2.79. The number of carbonyl (C=O) groups is 5. The summed E-state index contributed by atoms with van der Waals surface area (Å²) in [5, 5.41) is 12.6. The number of nitrogens with zero attached hydrogens (tertiary/aromatic N) is 1. The number of carboxylic acids is 1. The highest BCUT2D eigenvalue weighted by molar-refractivity contribution is 8.00. The Morgan fingerprint density at radius 2 is 1.71 bits per heavy atom. The van der Waals surface area contributed by atoms with Gasteiger partial charge in [-0.15, -0.1) is 11.8 Å². The average Bonchev–Trinajstić information content (AvgIpc) is 3.84. The van der Waals surface area contributed by atoms with Crippen molar-refractivity contribution < 1.29 is 43.3 Å². The van der Waals surface area contributed by atoms with Gasteiger partial charge in [0.1, 0.15) is 0 Å². The minimum Gasteiger partial charge on any atom is -0.490 e. The number of carboxylic acid groups (broad SMARTS) is 1. The molecule has 7 rings (SSSR count). The molecule has 2 aromatic carbocycles. The number of H-pyrrole nitrogens is 1. The minimum absolute atomic E-state index is 0.00348. The summed E-state index contributed by atoms with van der Waals surface area (Å²) in [7, 11) is 0.